The van der Waals surface area contributed by atoms with E-state index in [2.05, 4.69) is 4.98 Å². The molecule has 1 aliphatic rings. The number of pyridine rings is 1. The first-order chi connectivity index (χ1) is 13.1. The van der Waals surface area contributed by atoms with Crippen LogP contribution in [0.2, 0.25) is 5.02 Å². The summed E-state index contributed by atoms with van der Waals surface area (Å²) in [6.45, 7) is 0.969. The normalized spacial score (nSPS) is 12.7. The molecule has 0 saturated heterocycles. The van der Waals surface area contributed by atoms with Gasteiger partial charge in [-0.3, -0.25) is 0 Å². The van der Waals surface area contributed by atoms with Crippen LogP contribution in [0.5, 0.6) is 17.2 Å². The second kappa shape index (κ2) is 7.32. The molecule has 0 radical (unpaired) electrons. The number of aromatic nitrogens is 1. The Morgan fingerprint density at radius 2 is 2.00 bits per heavy atom. The summed E-state index contributed by atoms with van der Waals surface area (Å²) in [6, 6.07) is 12.3. The number of methoxy groups -OCH3 is 1. The Morgan fingerprint density at radius 3 is 2.85 bits per heavy atom. The molecule has 27 heavy (non-hydrogen) atoms. The molecule has 0 saturated carbocycles. The quantitative estimate of drug-likeness (QED) is 0.632. The first-order valence-electron chi connectivity index (χ1n) is 8.34. The number of esters is 1. The fourth-order valence-electron chi connectivity index (χ4n) is 2.81. The Kier molecular flexibility index (Phi) is 4.73. The fraction of sp³-hybridized carbons (Fsp3) is 0.200. The van der Waals surface area contributed by atoms with Crippen LogP contribution in [-0.4, -0.2) is 31.3 Å². The van der Waals surface area contributed by atoms with Gasteiger partial charge in [-0.1, -0.05) is 17.7 Å². The van der Waals surface area contributed by atoms with E-state index in [1.165, 1.54) is 0 Å². The summed E-state index contributed by atoms with van der Waals surface area (Å²) in [4.78, 5) is 16.7. The van der Waals surface area contributed by atoms with Gasteiger partial charge in [0.05, 0.1) is 17.6 Å². The monoisotopic (exact) mass is 385 g/mol. The summed E-state index contributed by atoms with van der Waals surface area (Å²) < 4.78 is 21.6. The summed E-state index contributed by atoms with van der Waals surface area (Å²) in [7, 11) is 1.60. The van der Waals surface area contributed by atoms with Gasteiger partial charge in [0.1, 0.15) is 31.3 Å². The number of hydrogen-bond acceptors (Lipinski definition) is 6. The van der Waals surface area contributed by atoms with Crippen LogP contribution in [0.25, 0.3) is 10.9 Å². The highest BCUT2D eigenvalue weighted by Crippen LogP contribution is 2.38. The number of ether oxygens (including phenoxy) is 4. The lowest BCUT2D eigenvalue weighted by Crippen LogP contribution is -2.16. The smallest absolute Gasteiger partial charge is 0.357 e. The van der Waals surface area contributed by atoms with Crippen LogP contribution < -0.4 is 14.2 Å². The number of benzene rings is 2. The van der Waals surface area contributed by atoms with Gasteiger partial charge in [-0.2, -0.15) is 0 Å². The van der Waals surface area contributed by atoms with E-state index >= 15 is 0 Å². The molecule has 0 fully saturated rings. The highest BCUT2D eigenvalue weighted by molar-refractivity contribution is 6.32. The van der Waals surface area contributed by atoms with E-state index < -0.39 is 5.97 Å². The lowest BCUT2D eigenvalue weighted by molar-refractivity contribution is 0.0465. The Bertz CT molecular complexity index is 1020. The molecular formula is C20H16ClNO5. The van der Waals surface area contributed by atoms with Gasteiger partial charge in [-0.15, -0.1) is 0 Å². The zero-order valence-electron chi connectivity index (χ0n) is 14.5. The molecule has 0 atom stereocenters. The molecule has 7 heteroatoms. The van der Waals surface area contributed by atoms with E-state index in [0.717, 1.165) is 11.1 Å². The third-order valence-corrected chi connectivity index (χ3v) is 4.41. The van der Waals surface area contributed by atoms with E-state index in [-0.39, 0.29) is 12.3 Å². The second-order valence-corrected chi connectivity index (χ2v) is 6.34. The standard InChI is InChI=1S/C20H16ClNO5/c1-24-14-3-5-16-13(10-14)2-4-17(22-16)20(23)27-11-12-8-15(21)19-18(9-12)25-6-7-26-19/h2-5,8-10H,6-7,11H2,1H3. The largest absolute Gasteiger partial charge is 0.497 e. The van der Waals surface area contributed by atoms with Gasteiger partial charge in [0.15, 0.2) is 11.5 Å². The minimum atomic E-state index is -0.515. The minimum Gasteiger partial charge on any atom is -0.497 e. The number of carbonyl (C=O) groups is 1. The summed E-state index contributed by atoms with van der Waals surface area (Å²) in [6.07, 6.45) is 0. The maximum atomic E-state index is 12.4. The van der Waals surface area contributed by atoms with Gasteiger partial charge in [0.2, 0.25) is 0 Å². The second-order valence-electron chi connectivity index (χ2n) is 5.93. The van der Waals surface area contributed by atoms with Crippen molar-refractivity contribution < 1.29 is 23.7 Å². The van der Waals surface area contributed by atoms with Crippen LogP contribution >= 0.6 is 11.6 Å². The van der Waals surface area contributed by atoms with Crippen molar-refractivity contribution in [3.63, 3.8) is 0 Å². The lowest BCUT2D eigenvalue weighted by atomic mass is 10.2. The number of carbonyl (C=O) groups excluding carboxylic acids is 1. The molecule has 138 valence electrons. The van der Waals surface area contributed by atoms with E-state index in [1.807, 2.05) is 12.1 Å². The van der Waals surface area contributed by atoms with Crippen LogP contribution in [-0.2, 0) is 11.3 Å². The number of fused-ring (bicyclic) bond motifs is 2. The summed E-state index contributed by atoms with van der Waals surface area (Å²) in [5, 5.41) is 1.31. The molecule has 0 spiro atoms. The van der Waals surface area contributed by atoms with Gasteiger partial charge in [-0.05, 0) is 42.0 Å². The molecule has 0 unspecified atom stereocenters. The zero-order chi connectivity index (χ0) is 18.8. The topological polar surface area (TPSA) is 66.9 Å². The summed E-state index contributed by atoms with van der Waals surface area (Å²) >= 11 is 6.20. The number of halogens is 1. The van der Waals surface area contributed by atoms with E-state index in [0.29, 0.717) is 40.8 Å². The molecule has 6 nitrogen and oxygen atoms in total. The molecule has 0 N–H and O–H groups in total. The van der Waals surface area contributed by atoms with Crippen LogP contribution in [0.4, 0.5) is 0 Å². The molecule has 1 aromatic heterocycles. The molecule has 1 aliphatic heterocycles. The van der Waals surface area contributed by atoms with Crippen molar-refractivity contribution in [2.45, 2.75) is 6.61 Å². The third-order valence-electron chi connectivity index (χ3n) is 4.13. The van der Waals surface area contributed by atoms with Gasteiger partial charge in [0.25, 0.3) is 0 Å². The molecule has 0 amide bonds. The van der Waals surface area contributed by atoms with E-state index in [1.54, 1.807) is 37.4 Å². The first-order valence-corrected chi connectivity index (χ1v) is 8.72. The van der Waals surface area contributed by atoms with E-state index in [9.17, 15) is 4.79 Å². The van der Waals surface area contributed by atoms with Crippen LogP contribution in [0, 0.1) is 0 Å². The van der Waals surface area contributed by atoms with Gasteiger partial charge < -0.3 is 18.9 Å². The SMILES string of the molecule is COc1ccc2nc(C(=O)OCc3cc(Cl)c4c(c3)OCCO4)ccc2c1. The van der Waals surface area contributed by atoms with Gasteiger partial charge in [0, 0.05) is 5.39 Å². The molecule has 2 aromatic carbocycles. The van der Waals surface area contributed by atoms with Crippen molar-refractivity contribution in [1.29, 1.82) is 0 Å². The average Bonchev–Trinajstić information content (AvgIpc) is 2.71. The van der Waals surface area contributed by atoms with Crippen molar-refractivity contribution >= 4 is 28.5 Å². The van der Waals surface area contributed by atoms with Crippen molar-refractivity contribution in [2.24, 2.45) is 0 Å². The van der Waals surface area contributed by atoms with Gasteiger partial charge in [-0.25, -0.2) is 9.78 Å². The molecule has 3 aromatic rings. The number of nitrogens with zero attached hydrogens (tertiary/aromatic N) is 1. The fourth-order valence-corrected chi connectivity index (χ4v) is 3.10. The Hall–Kier alpha value is -2.99. The molecule has 2 heterocycles. The molecule has 0 bridgehead atoms. The predicted molar refractivity (Wildman–Crippen MR) is 99.9 cm³/mol. The summed E-state index contributed by atoms with van der Waals surface area (Å²) in [5.41, 5.74) is 1.63. The molecule has 0 aliphatic carbocycles. The zero-order valence-corrected chi connectivity index (χ0v) is 15.3. The first kappa shape index (κ1) is 17.4. The van der Waals surface area contributed by atoms with Gasteiger partial charge >= 0.3 is 5.97 Å². The average molecular weight is 386 g/mol. The maximum absolute atomic E-state index is 12.4. The number of rotatable bonds is 4. The minimum absolute atomic E-state index is 0.0531. The maximum Gasteiger partial charge on any atom is 0.357 e. The number of hydrogen-bond donors (Lipinski definition) is 0. The Morgan fingerprint density at radius 1 is 1.15 bits per heavy atom. The van der Waals surface area contributed by atoms with E-state index in [4.69, 9.17) is 30.5 Å². The lowest BCUT2D eigenvalue weighted by Gasteiger charge is -2.20. The van der Waals surface area contributed by atoms with Crippen LogP contribution in [0.15, 0.2) is 42.5 Å². The van der Waals surface area contributed by atoms with Crippen LogP contribution in [0.3, 0.4) is 0 Å². The third kappa shape index (κ3) is 3.61. The Labute approximate surface area is 160 Å². The highest BCUT2D eigenvalue weighted by atomic mass is 35.5. The van der Waals surface area contributed by atoms with Crippen molar-refractivity contribution in [1.82, 2.24) is 4.98 Å². The highest BCUT2D eigenvalue weighted by Gasteiger charge is 2.18. The van der Waals surface area contributed by atoms with Crippen molar-refractivity contribution in [3.8, 4) is 17.2 Å². The van der Waals surface area contributed by atoms with Crippen molar-refractivity contribution in [2.75, 3.05) is 20.3 Å². The Balaban J connectivity index is 1.49. The van der Waals surface area contributed by atoms with Crippen LogP contribution in [0.1, 0.15) is 16.1 Å². The summed E-state index contributed by atoms with van der Waals surface area (Å²) in [5.74, 6) is 1.29. The van der Waals surface area contributed by atoms with Crippen molar-refractivity contribution in [3.05, 3.63) is 58.7 Å². The molecular weight excluding hydrogens is 370 g/mol. The predicted octanol–water partition coefficient (Wildman–Crippen LogP) is 4.03. The molecule has 4 rings (SSSR count).